The number of allylic oxidation sites excluding steroid dienone is 1. The van der Waals surface area contributed by atoms with Gasteiger partial charge in [-0.05, 0) is 46.5 Å². The molecule has 0 saturated carbocycles. The van der Waals surface area contributed by atoms with Crippen molar-refractivity contribution < 1.29 is 4.74 Å². The lowest BCUT2D eigenvalue weighted by Crippen LogP contribution is -2.02. The summed E-state index contributed by atoms with van der Waals surface area (Å²) in [6.07, 6.45) is 0. The van der Waals surface area contributed by atoms with Crippen molar-refractivity contribution in [1.29, 1.82) is 0 Å². The second-order valence-corrected chi connectivity index (χ2v) is 5.69. The van der Waals surface area contributed by atoms with Crippen molar-refractivity contribution in [2.45, 2.75) is 20.5 Å². The molecule has 2 nitrogen and oxygen atoms in total. The summed E-state index contributed by atoms with van der Waals surface area (Å²) in [6.45, 7) is 8.32. The van der Waals surface area contributed by atoms with E-state index in [1.165, 1.54) is 0 Å². The van der Waals surface area contributed by atoms with Crippen LogP contribution in [0.25, 0.3) is 5.57 Å². The first-order valence-electron chi connectivity index (χ1n) is 6.19. The van der Waals surface area contributed by atoms with Gasteiger partial charge in [0.1, 0.15) is 16.4 Å². The van der Waals surface area contributed by atoms with Crippen LogP contribution in [0.4, 0.5) is 0 Å². The van der Waals surface area contributed by atoms with Gasteiger partial charge in [0.25, 0.3) is 0 Å². The second-order valence-electron chi connectivity index (χ2n) is 4.58. The van der Waals surface area contributed by atoms with Crippen LogP contribution in [0.15, 0.2) is 41.5 Å². The van der Waals surface area contributed by atoms with Gasteiger partial charge in [0.15, 0.2) is 5.75 Å². The number of rotatable bonds is 4. The lowest BCUT2D eigenvalue weighted by molar-refractivity contribution is 0.301. The first kappa shape index (κ1) is 15.1. The summed E-state index contributed by atoms with van der Waals surface area (Å²) in [7, 11) is 0. The molecule has 0 unspecified atom stereocenters. The summed E-state index contributed by atoms with van der Waals surface area (Å²) < 4.78 is 6.52. The molecule has 2 rings (SSSR count). The largest absolute Gasteiger partial charge is 0.485 e. The Balaban J connectivity index is 2.36. The fourth-order valence-electron chi connectivity index (χ4n) is 1.97. The predicted molar refractivity (Wildman–Crippen MR) is 87.2 cm³/mol. The highest BCUT2D eigenvalue weighted by Gasteiger charge is 2.17. The fraction of sp³-hybridized carbons (Fsp3) is 0.188. The maximum Gasteiger partial charge on any atom is 0.160 e. The lowest BCUT2D eigenvalue weighted by atomic mass is 10.0. The van der Waals surface area contributed by atoms with Crippen molar-refractivity contribution >= 4 is 33.1 Å². The Bertz CT molecular complexity index is 641. The molecule has 1 aromatic heterocycles. The van der Waals surface area contributed by atoms with Crippen LogP contribution in [0, 0.1) is 6.92 Å². The van der Waals surface area contributed by atoms with E-state index in [1.807, 2.05) is 44.2 Å². The standard InChI is InChI=1S/C16H15BrClNO/c1-10(2)13-11(3)16(18)19-15(17)14(13)20-9-12-7-5-4-6-8-12/h4-8H,1,9H2,2-3H3. The molecule has 0 aliphatic carbocycles. The van der Waals surface area contributed by atoms with Crippen molar-refractivity contribution in [2.24, 2.45) is 0 Å². The van der Waals surface area contributed by atoms with E-state index >= 15 is 0 Å². The smallest absolute Gasteiger partial charge is 0.160 e. The zero-order valence-corrected chi connectivity index (χ0v) is 13.8. The van der Waals surface area contributed by atoms with Crippen LogP contribution in [-0.2, 0) is 6.61 Å². The number of hydrogen-bond donors (Lipinski definition) is 0. The lowest BCUT2D eigenvalue weighted by Gasteiger charge is -2.16. The molecule has 0 aliphatic rings. The molecule has 0 amide bonds. The molecule has 0 radical (unpaired) electrons. The Morgan fingerprint density at radius 2 is 2.00 bits per heavy atom. The highest BCUT2D eigenvalue weighted by atomic mass is 79.9. The maximum absolute atomic E-state index is 6.11. The number of halogens is 2. The van der Waals surface area contributed by atoms with Crippen LogP contribution in [0.3, 0.4) is 0 Å². The molecule has 0 N–H and O–H groups in total. The SMILES string of the molecule is C=C(C)c1c(C)c(Cl)nc(Br)c1OCc1ccccc1. The average molecular weight is 353 g/mol. The van der Waals surface area contributed by atoms with Gasteiger partial charge in [0, 0.05) is 5.56 Å². The summed E-state index contributed by atoms with van der Waals surface area (Å²) in [5, 5.41) is 0.460. The van der Waals surface area contributed by atoms with Gasteiger partial charge < -0.3 is 4.74 Å². The topological polar surface area (TPSA) is 22.1 Å². The van der Waals surface area contributed by atoms with Crippen molar-refractivity contribution in [2.75, 3.05) is 0 Å². The van der Waals surface area contributed by atoms with Crippen LogP contribution >= 0.6 is 27.5 Å². The molecule has 20 heavy (non-hydrogen) atoms. The molecule has 0 saturated heterocycles. The molecular formula is C16H15BrClNO. The minimum Gasteiger partial charge on any atom is -0.485 e. The monoisotopic (exact) mass is 351 g/mol. The van der Waals surface area contributed by atoms with E-state index in [2.05, 4.69) is 27.5 Å². The Morgan fingerprint density at radius 3 is 2.60 bits per heavy atom. The molecule has 1 heterocycles. The van der Waals surface area contributed by atoms with Crippen LogP contribution in [0.5, 0.6) is 5.75 Å². The van der Waals surface area contributed by atoms with E-state index in [0.717, 1.165) is 22.3 Å². The van der Waals surface area contributed by atoms with Gasteiger partial charge in [-0.25, -0.2) is 4.98 Å². The first-order chi connectivity index (χ1) is 9.50. The summed E-state index contributed by atoms with van der Waals surface area (Å²) in [5.74, 6) is 0.684. The number of pyridine rings is 1. The first-order valence-corrected chi connectivity index (χ1v) is 7.36. The zero-order valence-electron chi connectivity index (χ0n) is 11.4. The van der Waals surface area contributed by atoms with Gasteiger partial charge in [-0.2, -0.15) is 0 Å². The van der Waals surface area contributed by atoms with Gasteiger partial charge in [-0.1, -0.05) is 48.5 Å². The third kappa shape index (κ3) is 3.22. The molecule has 0 aliphatic heterocycles. The Kier molecular flexibility index (Phi) is 4.84. The molecule has 4 heteroatoms. The van der Waals surface area contributed by atoms with E-state index in [9.17, 15) is 0 Å². The van der Waals surface area contributed by atoms with Crippen molar-refractivity contribution in [3.05, 3.63) is 63.4 Å². The Labute approximate surface area is 132 Å². The molecule has 0 atom stereocenters. The van der Waals surface area contributed by atoms with Crippen molar-refractivity contribution in [3.63, 3.8) is 0 Å². The minimum absolute atomic E-state index is 0.460. The van der Waals surface area contributed by atoms with E-state index in [4.69, 9.17) is 16.3 Å². The van der Waals surface area contributed by atoms with Crippen LogP contribution < -0.4 is 4.74 Å². The molecule has 2 aromatic rings. The minimum atomic E-state index is 0.460. The van der Waals surface area contributed by atoms with Crippen molar-refractivity contribution in [1.82, 2.24) is 4.98 Å². The molecular weight excluding hydrogens is 338 g/mol. The molecule has 1 aromatic carbocycles. The number of nitrogens with zero attached hydrogens (tertiary/aromatic N) is 1. The van der Waals surface area contributed by atoms with Crippen molar-refractivity contribution in [3.8, 4) is 5.75 Å². The quantitative estimate of drug-likeness (QED) is 0.686. The highest BCUT2D eigenvalue weighted by Crippen LogP contribution is 2.37. The number of benzene rings is 1. The van der Waals surface area contributed by atoms with Crippen LogP contribution in [-0.4, -0.2) is 4.98 Å². The Hall–Kier alpha value is -1.32. The predicted octanol–water partition coefficient (Wildman–Crippen LogP) is 5.42. The number of hydrogen-bond acceptors (Lipinski definition) is 2. The number of ether oxygens (including phenoxy) is 1. The maximum atomic E-state index is 6.11. The van der Waals surface area contributed by atoms with Gasteiger partial charge in [0.05, 0.1) is 0 Å². The third-order valence-corrected chi connectivity index (χ3v) is 3.85. The number of aromatic nitrogens is 1. The second kappa shape index (κ2) is 6.42. The molecule has 104 valence electrons. The van der Waals surface area contributed by atoms with E-state index in [0.29, 0.717) is 22.1 Å². The third-order valence-electron chi connectivity index (χ3n) is 2.95. The van der Waals surface area contributed by atoms with Gasteiger partial charge in [-0.15, -0.1) is 0 Å². The van der Waals surface area contributed by atoms with E-state index < -0.39 is 0 Å². The average Bonchev–Trinajstić information content (AvgIpc) is 2.42. The van der Waals surface area contributed by atoms with Crippen LogP contribution in [0.1, 0.15) is 23.6 Å². The molecule has 0 spiro atoms. The summed E-state index contributed by atoms with van der Waals surface area (Å²) >= 11 is 9.53. The fourth-order valence-corrected chi connectivity index (χ4v) is 2.74. The van der Waals surface area contributed by atoms with Gasteiger partial charge in [0.2, 0.25) is 0 Å². The van der Waals surface area contributed by atoms with Crippen LogP contribution in [0.2, 0.25) is 5.15 Å². The summed E-state index contributed by atoms with van der Waals surface area (Å²) in [5.41, 5.74) is 3.79. The zero-order chi connectivity index (χ0) is 14.7. The van der Waals surface area contributed by atoms with E-state index in [1.54, 1.807) is 0 Å². The normalized spacial score (nSPS) is 10.4. The van der Waals surface area contributed by atoms with Gasteiger partial charge in [-0.3, -0.25) is 0 Å². The molecule has 0 bridgehead atoms. The highest BCUT2D eigenvalue weighted by molar-refractivity contribution is 9.10. The van der Waals surface area contributed by atoms with Gasteiger partial charge >= 0.3 is 0 Å². The van der Waals surface area contributed by atoms with E-state index in [-0.39, 0.29) is 0 Å². The molecule has 0 fully saturated rings. The summed E-state index contributed by atoms with van der Waals surface area (Å²) in [6, 6.07) is 9.99. The summed E-state index contributed by atoms with van der Waals surface area (Å²) in [4.78, 5) is 4.24. The Morgan fingerprint density at radius 1 is 1.35 bits per heavy atom.